The molecule has 0 bridgehead atoms. The number of fused-ring (bicyclic) bond motifs is 1. The second-order valence-electron chi connectivity index (χ2n) is 7.75. The van der Waals surface area contributed by atoms with Crippen LogP contribution in [0.2, 0.25) is 5.02 Å². The van der Waals surface area contributed by atoms with Crippen LogP contribution in [0.5, 0.6) is 0 Å². The molecule has 0 unspecified atom stereocenters. The maximum Gasteiger partial charge on any atom is 0.175 e. The van der Waals surface area contributed by atoms with E-state index in [9.17, 15) is 4.79 Å². The number of imidazole rings is 1. The molecule has 0 saturated carbocycles. The minimum atomic E-state index is 0.136. The number of carbonyl (C=O) groups is 1. The number of Topliss-reactive ketones (excluding diaryl/α,β-unsaturated/α-hetero) is 1. The van der Waals surface area contributed by atoms with Crippen LogP contribution < -0.4 is 0 Å². The lowest BCUT2D eigenvalue weighted by Gasteiger charge is -2.09. The molecule has 0 aliphatic rings. The smallest absolute Gasteiger partial charge is 0.175 e. The maximum absolute atomic E-state index is 13.1. The van der Waals surface area contributed by atoms with Crippen LogP contribution in [-0.4, -0.2) is 25.7 Å². The number of nitrogens with zero attached hydrogens (tertiary/aromatic N) is 3. The van der Waals surface area contributed by atoms with E-state index in [0.29, 0.717) is 17.3 Å². The molecule has 160 valence electrons. The number of aromatic nitrogens is 3. The molecule has 4 rings (SSSR count). The van der Waals surface area contributed by atoms with Crippen molar-refractivity contribution in [2.24, 2.45) is 0 Å². The predicted molar refractivity (Wildman–Crippen MR) is 130 cm³/mol. The summed E-state index contributed by atoms with van der Waals surface area (Å²) in [5.41, 5.74) is 6.05. The summed E-state index contributed by atoms with van der Waals surface area (Å²) in [7, 11) is 0. The number of benzene rings is 2. The van der Waals surface area contributed by atoms with Crippen molar-refractivity contribution >= 4 is 40.2 Å². The van der Waals surface area contributed by atoms with Gasteiger partial charge in [0.1, 0.15) is 0 Å². The molecule has 0 amide bonds. The quantitative estimate of drug-likeness (QED) is 0.225. The molecule has 2 aromatic carbocycles. The van der Waals surface area contributed by atoms with Crippen molar-refractivity contribution in [3.05, 3.63) is 82.1 Å². The number of thioether (sulfide) groups is 1. The van der Waals surface area contributed by atoms with Gasteiger partial charge in [-0.15, -0.1) is 0 Å². The molecule has 6 heteroatoms. The van der Waals surface area contributed by atoms with Gasteiger partial charge in [-0.2, -0.15) is 0 Å². The normalized spacial score (nSPS) is 11.4. The highest BCUT2D eigenvalue weighted by Crippen LogP contribution is 2.28. The fourth-order valence-corrected chi connectivity index (χ4v) is 5.03. The lowest BCUT2D eigenvalue weighted by molar-refractivity contribution is 0.102. The molecule has 0 fully saturated rings. The zero-order chi connectivity index (χ0) is 22.0. The molecule has 4 aromatic rings. The summed E-state index contributed by atoms with van der Waals surface area (Å²) in [4.78, 5) is 17.8. The molecule has 2 heterocycles. The van der Waals surface area contributed by atoms with Crippen molar-refractivity contribution in [1.29, 1.82) is 0 Å². The molecule has 0 saturated heterocycles. The van der Waals surface area contributed by atoms with E-state index in [-0.39, 0.29) is 5.78 Å². The van der Waals surface area contributed by atoms with Gasteiger partial charge >= 0.3 is 0 Å². The van der Waals surface area contributed by atoms with Gasteiger partial charge < -0.3 is 9.13 Å². The van der Waals surface area contributed by atoms with Crippen molar-refractivity contribution in [2.75, 3.05) is 5.75 Å². The van der Waals surface area contributed by atoms with E-state index in [1.165, 1.54) is 17.3 Å². The summed E-state index contributed by atoms with van der Waals surface area (Å²) in [6, 6.07) is 18.1. The largest absolute Gasteiger partial charge is 0.348 e. The Balaban J connectivity index is 1.61. The third kappa shape index (κ3) is 4.58. The Morgan fingerprint density at radius 1 is 1.06 bits per heavy atom. The highest BCUT2D eigenvalue weighted by atomic mass is 35.5. The summed E-state index contributed by atoms with van der Waals surface area (Å²) >= 11 is 7.68. The SMILES string of the molecule is CCCn1c(C)cc(C(=O)CSc2nc3cc(Cl)ccc3n2Cc2ccccc2)c1C. The monoisotopic (exact) mass is 451 g/mol. The molecule has 0 N–H and O–H groups in total. The van der Waals surface area contributed by atoms with Crippen LogP contribution >= 0.6 is 23.4 Å². The summed E-state index contributed by atoms with van der Waals surface area (Å²) in [5.74, 6) is 0.485. The highest BCUT2D eigenvalue weighted by Gasteiger charge is 2.18. The van der Waals surface area contributed by atoms with E-state index >= 15 is 0 Å². The molecular weight excluding hydrogens is 426 g/mol. The fourth-order valence-electron chi connectivity index (χ4n) is 3.97. The van der Waals surface area contributed by atoms with Gasteiger partial charge in [0, 0.05) is 28.5 Å². The standard InChI is InChI=1S/C25H26ClN3OS/c1-4-12-28-17(2)13-21(18(28)3)24(30)16-31-25-27-22-14-20(26)10-11-23(22)29(25)15-19-8-6-5-7-9-19/h5-11,13-14H,4,12,15-16H2,1-3H3. The van der Waals surface area contributed by atoms with E-state index in [1.807, 2.05) is 49.4 Å². The molecule has 2 aromatic heterocycles. The maximum atomic E-state index is 13.1. The van der Waals surface area contributed by atoms with Crippen molar-refractivity contribution < 1.29 is 4.79 Å². The zero-order valence-electron chi connectivity index (χ0n) is 18.1. The van der Waals surface area contributed by atoms with Crippen LogP contribution in [0.1, 0.15) is 40.7 Å². The molecule has 0 aliphatic carbocycles. The molecule has 0 radical (unpaired) electrons. The fraction of sp³-hybridized carbons (Fsp3) is 0.280. The molecule has 0 spiro atoms. The third-order valence-electron chi connectivity index (χ3n) is 5.51. The minimum Gasteiger partial charge on any atom is -0.348 e. The molecule has 31 heavy (non-hydrogen) atoms. The van der Waals surface area contributed by atoms with Crippen molar-refractivity contribution in [3.63, 3.8) is 0 Å². The highest BCUT2D eigenvalue weighted by molar-refractivity contribution is 7.99. The molecule has 0 aliphatic heterocycles. The second-order valence-corrected chi connectivity index (χ2v) is 9.13. The van der Waals surface area contributed by atoms with E-state index in [4.69, 9.17) is 16.6 Å². The Labute approximate surface area is 192 Å². The van der Waals surface area contributed by atoms with Gasteiger partial charge in [-0.05, 0) is 50.1 Å². The zero-order valence-corrected chi connectivity index (χ0v) is 19.6. The van der Waals surface area contributed by atoms with Gasteiger partial charge in [0.25, 0.3) is 0 Å². The first-order valence-electron chi connectivity index (χ1n) is 10.5. The van der Waals surface area contributed by atoms with E-state index < -0.39 is 0 Å². The predicted octanol–water partition coefficient (Wildman–Crippen LogP) is 6.54. The Morgan fingerprint density at radius 3 is 2.58 bits per heavy atom. The third-order valence-corrected chi connectivity index (χ3v) is 6.72. The van der Waals surface area contributed by atoms with Crippen LogP contribution in [0.3, 0.4) is 0 Å². The van der Waals surface area contributed by atoms with Crippen LogP contribution in [0.4, 0.5) is 0 Å². The summed E-state index contributed by atoms with van der Waals surface area (Å²) < 4.78 is 4.39. The van der Waals surface area contributed by atoms with E-state index in [0.717, 1.165) is 46.1 Å². The van der Waals surface area contributed by atoms with Crippen LogP contribution in [-0.2, 0) is 13.1 Å². The molecule has 4 nitrogen and oxygen atoms in total. The Hall–Kier alpha value is -2.50. The number of aryl methyl sites for hydroxylation is 1. The van der Waals surface area contributed by atoms with Gasteiger partial charge in [-0.1, -0.05) is 60.6 Å². The van der Waals surface area contributed by atoms with Crippen molar-refractivity contribution in [1.82, 2.24) is 14.1 Å². The first kappa shape index (κ1) is 21.7. The van der Waals surface area contributed by atoms with Crippen LogP contribution in [0.25, 0.3) is 11.0 Å². The van der Waals surface area contributed by atoms with Gasteiger partial charge in [0.15, 0.2) is 10.9 Å². The average molecular weight is 452 g/mol. The summed E-state index contributed by atoms with van der Waals surface area (Å²) in [6.07, 6.45) is 1.05. The van der Waals surface area contributed by atoms with Gasteiger partial charge in [-0.3, -0.25) is 4.79 Å². The lowest BCUT2D eigenvalue weighted by atomic mass is 10.2. The van der Waals surface area contributed by atoms with Gasteiger partial charge in [0.05, 0.1) is 23.3 Å². The Bertz CT molecular complexity index is 1230. The summed E-state index contributed by atoms with van der Waals surface area (Å²) in [5, 5.41) is 1.49. The van der Waals surface area contributed by atoms with Crippen molar-refractivity contribution in [3.8, 4) is 0 Å². The molecule has 0 atom stereocenters. The number of hydrogen-bond acceptors (Lipinski definition) is 3. The number of ketones is 1. The first-order chi connectivity index (χ1) is 15.0. The van der Waals surface area contributed by atoms with E-state index in [2.05, 4.69) is 35.1 Å². The van der Waals surface area contributed by atoms with Gasteiger partial charge in [0.2, 0.25) is 0 Å². The number of halogens is 1. The number of carbonyl (C=O) groups excluding carboxylic acids is 1. The Morgan fingerprint density at radius 2 is 1.84 bits per heavy atom. The minimum absolute atomic E-state index is 0.136. The number of rotatable bonds is 8. The van der Waals surface area contributed by atoms with Gasteiger partial charge in [-0.25, -0.2) is 4.98 Å². The lowest BCUT2D eigenvalue weighted by Crippen LogP contribution is -2.08. The first-order valence-corrected chi connectivity index (χ1v) is 11.9. The number of hydrogen-bond donors (Lipinski definition) is 0. The van der Waals surface area contributed by atoms with Crippen LogP contribution in [0, 0.1) is 13.8 Å². The van der Waals surface area contributed by atoms with Crippen molar-refractivity contribution in [2.45, 2.75) is 45.4 Å². The second kappa shape index (κ2) is 9.33. The topological polar surface area (TPSA) is 39.8 Å². The summed E-state index contributed by atoms with van der Waals surface area (Å²) in [6.45, 7) is 7.88. The van der Waals surface area contributed by atoms with Crippen LogP contribution in [0.15, 0.2) is 59.8 Å². The van der Waals surface area contributed by atoms with E-state index in [1.54, 1.807) is 0 Å². The average Bonchev–Trinajstić information content (AvgIpc) is 3.24. The Kier molecular flexibility index (Phi) is 6.54. The molecular formula is C25H26ClN3OS.